The van der Waals surface area contributed by atoms with Gasteiger partial charge in [0.15, 0.2) is 0 Å². The maximum absolute atomic E-state index is 11.3. The van der Waals surface area contributed by atoms with Crippen molar-refractivity contribution in [1.82, 2.24) is 0 Å². The van der Waals surface area contributed by atoms with E-state index in [1.54, 1.807) is 18.2 Å². The van der Waals surface area contributed by atoms with Crippen LogP contribution in [0.25, 0.3) is 0 Å². The zero-order valence-corrected chi connectivity index (χ0v) is 11.1. The van der Waals surface area contributed by atoms with E-state index in [4.69, 9.17) is 16.2 Å². The fraction of sp³-hybridized carbons (Fsp3) is 0.462. The normalized spacial score (nSPS) is 11.3. The molecule has 0 aromatic heterocycles. The lowest BCUT2D eigenvalue weighted by Crippen LogP contribution is -2.34. The Bertz CT molecular complexity index is 430. The van der Waals surface area contributed by atoms with Crippen LogP contribution in [0.4, 0.5) is 11.4 Å². The number of hydrogen-bond acceptors (Lipinski definition) is 4. The molecule has 5 heteroatoms. The highest BCUT2D eigenvalue weighted by molar-refractivity contribution is 5.99. The highest BCUT2D eigenvalue weighted by Gasteiger charge is 2.18. The lowest BCUT2D eigenvalue weighted by Gasteiger charge is -2.26. The summed E-state index contributed by atoms with van der Waals surface area (Å²) in [5.74, 6) is -0.480. The molecule has 1 amide bonds. The van der Waals surface area contributed by atoms with E-state index in [9.17, 15) is 4.79 Å². The van der Waals surface area contributed by atoms with Crippen LogP contribution in [-0.2, 0) is 4.74 Å². The molecule has 1 aromatic rings. The molecule has 0 atom stereocenters. The lowest BCUT2D eigenvalue weighted by molar-refractivity contribution is 0.000679. The molecule has 5 N–H and O–H groups in total. The molecule has 0 radical (unpaired) electrons. The number of primary amides is 1. The number of nitrogens with one attached hydrogen (secondary N) is 1. The second-order valence-electron chi connectivity index (χ2n) is 4.72. The number of carbonyl (C=O) groups is 1. The molecule has 0 fully saturated rings. The summed E-state index contributed by atoms with van der Waals surface area (Å²) in [6.45, 7) is 7.08. The Balaban J connectivity index is 2.83. The van der Waals surface area contributed by atoms with Gasteiger partial charge in [-0.15, -0.1) is 0 Å². The van der Waals surface area contributed by atoms with Crippen molar-refractivity contribution in [2.45, 2.75) is 26.4 Å². The summed E-state index contributed by atoms with van der Waals surface area (Å²) >= 11 is 0. The highest BCUT2D eigenvalue weighted by Crippen LogP contribution is 2.20. The Morgan fingerprint density at radius 2 is 2.11 bits per heavy atom. The zero-order chi connectivity index (χ0) is 13.8. The molecule has 0 saturated carbocycles. The Hall–Kier alpha value is -1.75. The molecule has 0 aliphatic heterocycles. The van der Waals surface area contributed by atoms with Gasteiger partial charge in [0, 0.05) is 24.5 Å². The minimum absolute atomic E-state index is 0.325. The molecule has 0 saturated heterocycles. The second kappa shape index (κ2) is 5.73. The van der Waals surface area contributed by atoms with E-state index in [0.29, 0.717) is 30.1 Å². The quantitative estimate of drug-likeness (QED) is 0.670. The molecule has 0 aliphatic carbocycles. The van der Waals surface area contributed by atoms with E-state index in [1.807, 2.05) is 20.8 Å². The molecule has 1 rings (SSSR count). The van der Waals surface area contributed by atoms with Crippen molar-refractivity contribution in [3.63, 3.8) is 0 Å². The number of hydrogen-bond donors (Lipinski definition) is 3. The first-order chi connectivity index (χ1) is 8.35. The first kappa shape index (κ1) is 14.3. The first-order valence-corrected chi connectivity index (χ1v) is 5.93. The van der Waals surface area contributed by atoms with Gasteiger partial charge in [0.1, 0.15) is 0 Å². The predicted octanol–water partition coefficient (Wildman–Crippen LogP) is 1.59. The molecule has 0 heterocycles. The molecule has 1 aromatic carbocycles. The molecular weight excluding hydrogens is 230 g/mol. The zero-order valence-electron chi connectivity index (χ0n) is 11.1. The van der Waals surface area contributed by atoms with Gasteiger partial charge in [0.25, 0.3) is 5.91 Å². The number of nitrogen functional groups attached to an aromatic ring is 1. The number of amides is 1. The summed E-state index contributed by atoms with van der Waals surface area (Å²) in [7, 11) is 0. The molecule has 0 bridgehead atoms. The minimum atomic E-state index is -0.480. The van der Waals surface area contributed by atoms with Crippen LogP contribution in [0.5, 0.6) is 0 Å². The van der Waals surface area contributed by atoms with Crippen molar-refractivity contribution < 1.29 is 9.53 Å². The fourth-order valence-corrected chi connectivity index (χ4v) is 1.67. The number of nitrogens with two attached hydrogens (primary N) is 2. The van der Waals surface area contributed by atoms with Crippen molar-refractivity contribution in [2.24, 2.45) is 5.73 Å². The lowest BCUT2D eigenvalue weighted by atomic mass is 10.1. The molecule has 5 nitrogen and oxygen atoms in total. The van der Waals surface area contributed by atoms with Gasteiger partial charge < -0.3 is 21.5 Å². The van der Waals surface area contributed by atoms with Gasteiger partial charge in [-0.25, -0.2) is 0 Å². The smallest absolute Gasteiger partial charge is 0.250 e. The maximum atomic E-state index is 11.3. The van der Waals surface area contributed by atoms with Crippen molar-refractivity contribution >= 4 is 17.3 Å². The van der Waals surface area contributed by atoms with Crippen LogP contribution in [0, 0.1) is 0 Å². The first-order valence-electron chi connectivity index (χ1n) is 5.93. The van der Waals surface area contributed by atoms with Crippen molar-refractivity contribution in [1.29, 1.82) is 0 Å². The second-order valence-corrected chi connectivity index (χ2v) is 4.72. The Labute approximate surface area is 107 Å². The Kier molecular flexibility index (Phi) is 4.55. The minimum Gasteiger partial charge on any atom is -0.399 e. The third-order valence-corrected chi connectivity index (χ3v) is 2.55. The monoisotopic (exact) mass is 251 g/mol. The van der Waals surface area contributed by atoms with E-state index in [1.165, 1.54) is 0 Å². The third-order valence-electron chi connectivity index (χ3n) is 2.55. The van der Waals surface area contributed by atoms with Gasteiger partial charge in [-0.2, -0.15) is 0 Å². The van der Waals surface area contributed by atoms with E-state index in [-0.39, 0.29) is 5.60 Å². The highest BCUT2D eigenvalue weighted by atomic mass is 16.5. The van der Waals surface area contributed by atoms with Gasteiger partial charge in [0.05, 0.1) is 11.2 Å². The van der Waals surface area contributed by atoms with Crippen molar-refractivity contribution in [3.8, 4) is 0 Å². The van der Waals surface area contributed by atoms with Crippen LogP contribution < -0.4 is 16.8 Å². The fourth-order valence-electron chi connectivity index (χ4n) is 1.67. The average Bonchev–Trinajstić information content (AvgIpc) is 2.26. The number of rotatable bonds is 6. The van der Waals surface area contributed by atoms with E-state index < -0.39 is 5.91 Å². The van der Waals surface area contributed by atoms with Crippen LogP contribution in [0.1, 0.15) is 31.1 Å². The number of benzene rings is 1. The van der Waals surface area contributed by atoms with Gasteiger partial charge in [-0.05, 0) is 39.0 Å². The van der Waals surface area contributed by atoms with E-state index in [0.717, 1.165) is 0 Å². The standard InChI is InChI=1S/C13H21N3O2/c1-4-18-13(2,3)8-16-11-7-9(14)5-6-10(11)12(15)17/h5-7,16H,4,8,14H2,1-3H3,(H2,15,17). The van der Waals surface area contributed by atoms with Crippen LogP contribution in [0.2, 0.25) is 0 Å². The number of ether oxygens (including phenoxy) is 1. The van der Waals surface area contributed by atoms with Gasteiger partial charge in [-0.3, -0.25) is 4.79 Å². The molecule has 100 valence electrons. The van der Waals surface area contributed by atoms with Crippen LogP contribution in [0.3, 0.4) is 0 Å². The molecule has 18 heavy (non-hydrogen) atoms. The van der Waals surface area contributed by atoms with Gasteiger partial charge in [-0.1, -0.05) is 0 Å². The SMILES string of the molecule is CCOC(C)(C)CNc1cc(N)ccc1C(N)=O. The van der Waals surface area contributed by atoms with Crippen LogP contribution in [0.15, 0.2) is 18.2 Å². The van der Waals surface area contributed by atoms with Crippen LogP contribution >= 0.6 is 0 Å². The van der Waals surface area contributed by atoms with Gasteiger partial charge in [0.2, 0.25) is 0 Å². The summed E-state index contributed by atoms with van der Waals surface area (Å²) in [6.07, 6.45) is 0. The summed E-state index contributed by atoms with van der Waals surface area (Å²) in [5.41, 5.74) is 12.3. The summed E-state index contributed by atoms with van der Waals surface area (Å²) < 4.78 is 5.57. The summed E-state index contributed by atoms with van der Waals surface area (Å²) in [6, 6.07) is 4.97. The average molecular weight is 251 g/mol. The largest absolute Gasteiger partial charge is 0.399 e. The third kappa shape index (κ3) is 3.92. The van der Waals surface area contributed by atoms with Crippen LogP contribution in [-0.4, -0.2) is 24.7 Å². The number of anilines is 2. The van der Waals surface area contributed by atoms with Crippen molar-refractivity contribution in [2.75, 3.05) is 24.2 Å². The Morgan fingerprint density at radius 3 is 2.67 bits per heavy atom. The van der Waals surface area contributed by atoms with E-state index in [2.05, 4.69) is 5.32 Å². The summed E-state index contributed by atoms with van der Waals surface area (Å²) in [5, 5.41) is 3.15. The molecule has 0 aliphatic rings. The number of carbonyl (C=O) groups excluding carboxylic acids is 1. The molecule has 0 unspecified atom stereocenters. The summed E-state index contributed by atoms with van der Waals surface area (Å²) in [4.78, 5) is 11.3. The topological polar surface area (TPSA) is 90.4 Å². The van der Waals surface area contributed by atoms with E-state index >= 15 is 0 Å². The predicted molar refractivity (Wildman–Crippen MR) is 73.6 cm³/mol. The Morgan fingerprint density at radius 1 is 1.44 bits per heavy atom. The van der Waals surface area contributed by atoms with Crippen molar-refractivity contribution in [3.05, 3.63) is 23.8 Å². The molecule has 0 spiro atoms. The van der Waals surface area contributed by atoms with Gasteiger partial charge >= 0.3 is 0 Å². The maximum Gasteiger partial charge on any atom is 0.250 e. The molecular formula is C13H21N3O2.